The van der Waals surface area contributed by atoms with E-state index in [4.69, 9.17) is 9.47 Å². The van der Waals surface area contributed by atoms with Gasteiger partial charge in [-0.1, -0.05) is 12.1 Å². The van der Waals surface area contributed by atoms with Gasteiger partial charge in [0.1, 0.15) is 18.0 Å². The molecule has 2 amide bonds. The summed E-state index contributed by atoms with van der Waals surface area (Å²) in [4.78, 5) is 26.2. The number of hydrogen-bond donors (Lipinski definition) is 1. The lowest BCUT2D eigenvalue weighted by Crippen LogP contribution is -2.37. The van der Waals surface area contributed by atoms with Gasteiger partial charge in [-0.2, -0.15) is 0 Å². The van der Waals surface area contributed by atoms with Gasteiger partial charge in [0.2, 0.25) is 11.8 Å². The Morgan fingerprint density at radius 3 is 2.72 bits per heavy atom. The highest BCUT2D eigenvalue weighted by Crippen LogP contribution is 2.30. The predicted molar refractivity (Wildman–Crippen MR) is 95.1 cm³/mol. The van der Waals surface area contributed by atoms with Crippen LogP contribution in [0.25, 0.3) is 0 Å². The van der Waals surface area contributed by atoms with Crippen molar-refractivity contribution in [2.45, 2.75) is 13.3 Å². The van der Waals surface area contributed by atoms with E-state index in [1.165, 1.54) is 4.90 Å². The lowest BCUT2D eigenvalue weighted by Gasteiger charge is -2.21. The second-order valence-electron chi connectivity index (χ2n) is 5.55. The van der Waals surface area contributed by atoms with Crippen LogP contribution in [0.15, 0.2) is 48.5 Å². The Morgan fingerprint density at radius 2 is 1.96 bits per heavy atom. The number of nitrogens with zero attached hydrogens (tertiary/aromatic N) is 1. The number of hydrogen-bond acceptors (Lipinski definition) is 4. The SMILES string of the molecule is CCOc1ccc(NC(=O)CN2C(=O)CCOc3ccccc32)cc1. The van der Waals surface area contributed by atoms with Crippen LogP contribution in [0, 0.1) is 0 Å². The fourth-order valence-corrected chi connectivity index (χ4v) is 2.64. The molecule has 3 rings (SSSR count). The molecule has 1 N–H and O–H groups in total. The number of amides is 2. The van der Waals surface area contributed by atoms with E-state index in [2.05, 4.69) is 5.32 Å². The molecule has 0 aliphatic carbocycles. The van der Waals surface area contributed by atoms with Crippen molar-refractivity contribution in [1.82, 2.24) is 0 Å². The molecule has 0 spiro atoms. The Labute approximate surface area is 146 Å². The molecule has 0 saturated heterocycles. The Hall–Kier alpha value is -3.02. The van der Waals surface area contributed by atoms with Gasteiger partial charge in [0.25, 0.3) is 0 Å². The summed E-state index contributed by atoms with van der Waals surface area (Å²) in [5, 5.41) is 2.80. The number of benzene rings is 2. The lowest BCUT2D eigenvalue weighted by atomic mass is 10.2. The summed E-state index contributed by atoms with van der Waals surface area (Å²) in [6, 6.07) is 14.4. The zero-order chi connectivity index (χ0) is 17.6. The number of rotatable bonds is 5. The first-order valence-electron chi connectivity index (χ1n) is 8.22. The highest BCUT2D eigenvalue weighted by Gasteiger charge is 2.24. The fourth-order valence-electron chi connectivity index (χ4n) is 2.64. The Bertz CT molecular complexity index is 758. The summed E-state index contributed by atoms with van der Waals surface area (Å²) >= 11 is 0. The molecule has 25 heavy (non-hydrogen) atoms. The maximum Gasteiger partial charge on any atom is 0.244 e. The summed E-state index contributed by atoms with van der Waals surface area (Å²) in [6.07, 6.45) is 0.241. The lowest BCUT2D eigenvalue weighted by molar-refractivity contribution is -0.121. The van der Waals surface area contributed by atoms with Gasteiger partial charge in [0.15, 0.2) is 0 Å². The van der Waals surface area contributed by atoms with E-state index in [-0.39, 0.29) is 24.8 Å². The minimum Gasteiger partial charge on any atom is -0.494 e. The number of carbonyl (C=O) groups excluding carboxylic acids is 2. The third kappa shape index (κ3) is 4.09. The van der Waals surface area contributed by atoms with Crippen LogP contribution < -0.4 is 19.7 Å². The highest BCUT2D eigenvalue weighted by atomic mass is 16.5. The zero-order valence-corrected chi connectivity index (χ0v) is 14.0. The van der Waals surface area contributed by atoms with Crippen molar-refractivity contribution in [3.05, 3.63) is 48.5 Å². The maximum absolute atomic E-state index is 12.4. The summed E-state index contributed by atoms with van der Waals surface area (Å²) < 4.78 is 11.0. The summed E-state index contributed by atoms with van der Waals surface area (Å²) in [7, 11) is 0. The molecule has 0 radical (unpaired) electrons. The molecular weight excluding hydrogens is 320 g/mol. The Balaban J connectivity index is 1.70. The van der Waals surface area contributed by atoms with Gasteiger partial charge >= 0.3 is 0 Å². The quantitative estimate of drug-likeness (QED) is 0.909. The zero-order valence-electron chi connectivity index (χ0n) is 14.0. The van der Waals surface area contributed by atoms with Crippen LogP contribution in [-0.2, 0) is 9.59 Å². The molecule has 0 unspecified atom stereocenters. The van der Waals surface area contributed by atoms with E-state index in [9.17, 15) is 9.59 Å². The van der Waals surface area contributed by atoms with Gasteiger partial charge in [-0.25, -0.2) is 0 Å². The van der Waals surface area contributed by atoms with Crippen molar-refractivity contribution >= 4 is 23.2 Å². The van der Waals surface area contributed by atoms with Crippen molar-refractivity contribution < 1.29 is 19.1 Å². The average Bonchev–Trinajstić information content (AvgIpc) is 2.76. The van der Waals surface area contributed by atoms with Crippen LogP contribution in [0.1, 0.15) is 13.3 Å². The van der Waals surface area contributed by atoms with E-state index >= 15 is 0 Å². The molecule has 1 aliphatic heterocycles. The van der Waals surface area contributed by atoms with Crippen LogP contribution in [0.4, 0.5) is 11.4 Å². The van der Waals surface area contributed by atoms with Gasteiger partial charge < -0.3 is 14.8 Å². The third-order valence-corrected chi connectivity index (χ3v) is 3.78. The average molecular weight is 340 g/mol. The minimum atomic E-state index is -0.269. The Kier molecular flexibility index (Phi) is 5.18. The maximum atomic E-state index is 12.4. The standard InChI is InChI=1S/C19H20N2O4/c1-2-24-15-9-7-14(8-10-15)20-18(22)13-21-16-5-3-4-6-17(16)25-12-11-19(21)23/h3-10H,2,11-13H2,1H3,(H,20,22). The van der Waals surface area contributed by atoms with Crippen LogP contribution >= 0.6 is 0 Å². The molecule has 0 fully saturated rings. The van der Waals surface area contributed by atoms with Gasteiger partial charge in [-0.15, -0.1) is 0 Å². The topological polar surface area (TPSA) is 67.9 Å². The first kappa shape index (κ1) is 16.8. The summed E-state index contributed by atoms with van der Waals surface area (Å²) in [5.41, 5.74) is 1.27. The first-order chi connectivity index (χ1) is 12.2. The van der Waals surface area contributed by atoms with Gasteiger partial charge in [0.05, 0.1) is 25.3 Å². The molecule has 0 saturated carbocycles. The molecule has 2 aromatic rings. The normalized spacial score (nSPS) is 13.5. The second-order valence-corrected chi connectivity index (χ2v) is 5.55. The predicted octanol–water partition coefficient (Wildman–Crippen LogP) is 2.84. The molecule has 2 aromatic carbocycles. The number of fused-ring (bicyclic) bond motifs is 1. The molecule has 0 atom stereocenters. The molecule has 0 bridgehead atoms. The molecular formula is C19H20N2O4. The summed E-state index contributed by atoms with van der Waals surface area (Å²) in [6.45, 7) is 2.75. The third-order valence-electron chi connectivity index (χ3n) is 3.78. The number of ether oxygens (including phenoxy) is 2. The second kappa shape index (κ2) is 7.70. The first-order valence-corrected chi connectivity index (χ1v) is 8.22. The van der Waals surface area contributed by atoms with Crippen molar-refractivity contribution in [3.63, 3.8) is 0 Å². The molecule has 1 heterocycles. The van der Waals surface area contributed by atoms with E-state index < -0.39 is 0 Å². The van der Waals surface area contributed by atoms with E-state index in [1.54, 1.807) is 36.4 Å². The summed E-state index contributed by atoms with van der Waals surface area (Å²) in [5.74, 6) is 0.956. The number of nitrogens with one attached hydrogen (secondary N) is 1. The van der Waals surface area contributed by atoms with Crippen molar-refractivity contribution in [1.29, 1.82) is 0 Å². The van der Waals surface area contributed by atoms with Crippen molar-refractivity contribution in [2.75, 3.05) is 30.0 Å². The van der Waals surface area contributed by atoms with Crippen LogP contribution in [0.2, 0.25) is 0 Å². The molecule has 6 nitrogen and oxygen atoms in total. The fraction of sp³-hybridized carbons (Fsp3) is 0.263. The molecule has 6 heteroatoms. The molecule has 0 aromatic heterocycles. The van der Waals surface area contributed by atoms with Crippen molar-refractivity contribution in [3.8, 4) is 11.5 Å². The van der Waals surface area contributed by atoms with Gasteiger partial charge in [-0.05, 0) is 43.3 Å². The highest BCUT2D eigenvalue weighted by molar-refractivity contribution is 6.03. The van der Waals surface area contributed by atoms with Gasteiger partial charge in [0, 0.05) is 5.69 Å². The van der Waals surface area contributed by atoms with E-state index in [1.807, 2.05) is 19.1 Å². The minimum absolute atomic E-state index is 0.0631. The van der Waals surface area contributed by atoms with Crippen LogP contribution in [-0.4, -0.2) is 31.6 Å². The smallest absolute Gasteiger partial charge is 0.244 e. The van der Waals surface area contributed by atoms with Gasteiger partial charge in [-0.3, -0.25) is 14.5 Å². The Morgan fingerprint density at radius 1 is 1.20 bits per heavy atom. The molecule has 130 valence electrons. The van der Waals surface area contributed by atoms with Crippen molar-refractivity contribution in [2.24, 2.45) is 0 Å². The van der Waals surface area contributed by atoms with E-state index in [0.717, 1.165) is 5.75 Å². The largest absolute Gasteiger partial charge is 0.494 e. The molecule has 1 aliphatic rings. The monoisotopic (exact) mass is 340 g/mol. The number of anilines is 2. The van der Waals surface area contributed by atoms with E-state index in [0.29, 0.717) is 30.3 Å². The van der Waals surface area contributed by atoms with Crippen LogP contribution in [0.5, 0.6) is 11.5 Å². The number of para-hydroxylation sites is 2. The van der Waals surface area contributed by atoms with Crippen LogP contribution in [0.3, 0.4) is 0 Å². The number of carbonyl (C=O) groups is 2.